The van der Waals surface area contributed by atoms with Gasteiger partial charge >= 0.3 is 5.97 Å². The molecule has 0 fully saturated rings. The first kappa shape index (κ1) is 15.4. The second-order valence-corrected chi connectivity index (χ2v) is 5.46. The van der Waals surface area contributed by atoms with E-state index in [0.717, 1.165) is 17.3 Å². The lowest BCUT2D eigenvalue weighted by Crippen LogP contribution is -2.15. The highest BCUT2D eigenvalue weighted by Crippen LogP contribution is 2.26. The van der Waals surface area contributed by atoms with Gasteiger partial charge in [-0.3, -0.25) is 4.79 Å². The van der Waals surface area contributed by atoms with Crippen LogP contribution in [-0.2, 0) is 16.1 Å². The summed E-state index contributed by atoms with van der Waals surface area (Å²) >= 11 is 1.14. The Labute approximate surface area is 126 Å². The van der Waals surface area contributed by atoms with Crippen molar-refractivity contribution < 1.29 is 14.6 Å². The fraction of sp³-hybridized carbons (Fsp3) is 0.357. The lowest BCUT2D eigenvalue weighted by Gasteiger charge is -2.13. The van der Waals surface area contributed by atoms with E-state index in [0.29, 0.717) is 22.8 Å². The molecule has 0 amide bonds. The van der Waals surface area contributed by atoms with Gasteiger partial charge in [-0.25, -0.2) is 4.98 Å². The molecule has 1 aromatic heterocycles. The molecule has 1 aromatic carbocycles. The van der Waals surface area contributed by atoms with Crippen molar-refractivity contribution in [3.63, 3.8) is 0 Å². The van der Waals surface area contributed by atoms with Crippen molar-refractivity contribution in [3.8, 4) is 6.07 Å². The molecular weight excluding hydrogens is 290 g/mol. The van der Waals surface area contributed by atoms with Crippen LogP contribution in [0, 0.1) is 11.3 Å². The number of aliphatic carboxylic acids is 1. The number of methoxy groups -OCH3 is 1. The highest BCUT2D eigenvalue weighted by Gasteiger charge is 2.16. The predicted octanol–water partition coefficient (Wildman–Crippen LogP) is 2.12. The standard InChI is InChI=1S/C14H15N3O3S/c1-9(20-2)7-17-11-5-3-4-10(6-15)13(11)16-14(17)21-8-12(18)19/h3-5,9H,7-8H2,1-2H3,(H,18,19). The number of hydrogen-bond donors (Lipinski definition) is 1. The number of benzene rings is 1. The van der Waals surface area contributed by atoms with Crippen LogP contribution in [0.1, 0.15) is 12.5 Å². The zero-order valence-electron chi connectivity index (χ0n) is 11.7. The van der Waals surface area contributed by atoms with E-state index < -0.39 is 5.97 Å². The van der Waals surface area contributed by atoms with E-state index in [1.807, 2.05) is 17.6 Å². The zero-order valence-corrected chi connectivity index (χ0v) is 12.6. The van der Waals surface area contributed by atoms with Crippen molar-refractivity contribution in [2.45, 2.75) is 24.7 Å². The second kappa shape index (κ2) is 6.61. The van der Waals surface area contributed by atoms with Crippen molar-refractivity contribution in [2.24, 2.45) is 0 Å². The number of fused-ring (bicyclic) bond motifs is 1. The Bertz CT molecular complexity index is 705. The molecule has 21 heavy (non-hydrogen) atoms. The molecule has 1 heterocycles. The molecule has 0 saturated carbocycles. The maximum atomic E-state index is 10.8. The molecule has 0 spiro atoms. The number of rotatable bonds is 6. The van der Waals surface area contributed by atoms with Gasteiger partial charge in [0.2, 0.25) is 0 Å². The SMILES string of the molecule is COC(C)Cn1c(SCC(=O)O)nc2c(C#N)cccc21. The van der Waals surface area contributed by atoms with Gasteiger partial charge in [-0.2, -0.15) is 5.26 Å². The summed E-state index contributed by atoms with van der Waals surface area (Å²) in [4.78, 5) is 15.2. The van der Waals surface area contributed by atoms with Gasteiger partial charge in [0.25, 0.3) is 0 Å². The fourth-order valence-corrected chi connectivity index (χ4v) is 2.70. The van der Waals surface area contributed by atoms with Crippen LogP contribution in [0.4, 0.5) is 0 Å². The molecule has 0 aliphatic heterocycles. The Morgan fingerprint density at radius 3 is 3.00 bits per heavy atom. The van der Waals surface area contributed by atoms with E-state index in [-0.39, 0.29) is 11.9 Å². The lowest BCUT2D eigenvalue weighted by molar-refractivity contribution is -0.133. The first-order valence-electron chi connectivity index (χ1n) is 6.33. The van der Waals surface area contributed by atoms with E-state index in [2.05, 4.69) is 11.1 Å². The third kappa shape index (κ3) is 3.35. The molecule has 1 atom stereocenters. The van der Waals surface area contributed by atoms with Crippen LogP contribution in [0.5, 0.6) is 0 Å². The molecule has 2 aromatic rings. The quantitative estimate of drug-likeness (QED) is 0.822. The number of nitrogens with zero attached hydrogens (tertiary/aromatic N) is 3. The number of imidazole rings is 1. The molecule has 0 aliphatic carbocycles. The summed E-state index contributed by atoms with van der Waals surface area (Å²) < 4.78 is 7.17. The molecule has 6 nitrogen and oxygen atoms in total. The van der Waals surface area contributed by atoms with Crippen LogP contribution in [0.25, 0.3) is 11.0 Å². The molecular formula is C14H15N3O3S. The van der Waals surface area contributed by atoms with Gasteiger partial charge < -0.3 is 14.4 Å². The largest absolute Gasteiger partial charge is 0.481 e. The minimum absolute atomic E-state index is 0.0441. The van der Waals surface area contributed by atoms with Crippen LogP contribution >= 0.6 is 11.8 Å². The normalized spacial score (nSPS) is 12.2. The molecule has 1 unspecified atom stereocenters. The van der Waals surface area contributed by atoms with Crippen LogP contribution in [0.15, 0.2) is 23.4 Å². The summed E-state index contributed by atoms with van der Waals surface area (Å²) in [5, 5.41) is 18.6. The van der Waals surface area contributed by atoms with Crippen molar-refractivity contribution in [1.29, 1.82) is 5.26 Å². The van der Waals surface area contributed by atoms with Crippen LogP contribution in [-0.4, -0.2) is 39.6 Å². The molecule has 2 rings (SSSR count). The van der Waals surface area contributed by atoms with E-state index in [9.17, 15) is 4.79 Å². The first-order valence-corrected chi connectivity index (χ1v) is 7.32. The highest BCUT2D eigenvalue weighted by atomic mass is 32.2. The molecule has 0 radical (unpaired) electrons. The lowest BCUT2D eigenvalue weighted by atomic mass is 10.2. The van der Waals surface area contributed by atoms with E-state index in [4.69, 9.17) is 15.1 Å². The van der Waals surface area contributed by atoms with Gasteiger partial charge in [0, 0.05) is 7.11 Å². The Balaban J connectivity index is 2.51. The number of nitriles is 1. The summed E-state index contributed by atoms with van der Waals surface area (Å²) in [6, 6.07) is 7.47. The number of ether oxygens (including phenoxy) is 1. The van der Waals surface area contributed by atoms with Crippen molar-refractivity contribution >= 4 is 28.8 Å². The molecule has 110 valence electrons. The number of aromatic nitrogens is 2. The average molecular weight is 305 g/mol. The first-order chi connectivity index (χ1) is 10.1. The third-order valence-corrected chi connectivity index (χ3v) is 3.99. The third-order valence-electron chi connectivity index (χ3n) is 3.03. The highest BCUT2D eigenvalue weighted by molar-refractivity contribution is 7.99. The van der Waals surface area contributed by atoms with E-state index in [1.54, 1.807) is 19.2 Å². The monoisotopic (exact) mass is 305 g/mol. The molecule has 0 aliphatic rings. The maximum Gasteiger partial charge on any atom is 0.313 e. The minimum atomic E-state index is -0.904. The second-order valence-electron chi connectivity index (χ2n) is 4.52. The number of thioether (sulfide) groups is 1. The number of carboxylic acids is 1. The van der Waals surface area contributed by atoms with Crippen LogP contribution in [0.3, 0.4) is 0 Å². The number of para-hydroxylation sites is 1. The zero-order chi connectivity index (χ0) is 15.4. The molecule has 0 saturated heterocycles. The topological polar surface area (TPSA) is 88.1 Å². The maximum absolute atomic E-state index is 10.8. The minimum Gasteiger partial charge on any atom is -0.481 e. The Hall–Kier alpha value is -2.04. The summed E-state index contributed by atoms with van der Waals surface area (Å²) in [7, 11) is 1.62. The number of carbonyl (C=O) groups is 1. The summed E-state index contributed by atoms with van der Waals surface area (Å²) in [5.41, 5.74) is 1.88. The summed E-state index contributed by atoms with van der Waals surface area (Å²) in [6.45, 7) is 2.47. The van der Waals surface area contributed by atoms with E-state index in [1.165, 1.54) is 0 Å². The van der Waals surface area contributed by atoms with Crippen molar-refractivity contribution in [3.05, 3.63) is 23.8 Å². The molecule has 7 heteroatoms. The van der Waals surface area contributed by atoms with Gasteiger partial charge in [-0.05, 0) is 19.1 Å². The smallest absolute Gasteiger partial charge is 0.313 e. The molecule has 1 N–H and O–H groups in total. The van der Waals surface area contributed by atoms with Gasteiger partial charge in [0.15, 0.2) is 5.16 Å². The van der Waals surface area contributed by atoms with Gasteiger partial charge in [-0.15, -0.1) is 0 Å². The fourth-order valence-electron chi connectivity index (χ4n) is 1.96. The Kier molecular flexibility index (Phi) is 4.83. The van der Waals surface area contributed by atoms with Crippen molar-refractivity contribution in [2.75, 3.05) is 12.9 Å². The van der Waals surface area contributed by atoms with Gasteiger partial charge in [0.1, 0.15) is 11.6 Å². The van der Waals surface area contributed by atoms with Gasteiger partial charge in [0.05, 0.1) is 29.5 Å². The predicted molar refractivity (Wildman–Crippen MR) is 79.3 cm³/mol. The van der Waals surface area contributed by atoms with Crippen molar-refractivity contribution in [1.82, 2.24) is 9.55 Å². The summed E-state index contributed by atoms with van der Waals surface area (Å²) in [6.07, 6.45) is -0.0441. The van der Waals surface area contributed by atoms with E-state index >= 15 is 0 Å². The molecule has 0 bridgehead atoms. The van der Waals surface area contributed by atoms with Gasteiger partial charge in [-0.1, -0.05) is 17.8 Å². The Morgan fingerprint density at radius 2 is 2.38 bits per heavy atom. The average Bonchev–Trinajstić information content (AvgIpc) is 2.82. The Morgan fingerprint density at radius 1 is 1.62 bits per heavy atom. The number of hydrogen-bond acceptors (Lipinski definition) is 5. The summed E-state index contributed by atoms with van der Waals surface area (Å²) in [5.74, 6) is -0.981. The number of carboxylic acid groups (broad SMARTS) is 1. The van der Waals surface area contributed by atoms with Crippen LogP contribution in [0.2, 0.25) is 0 Å². The van der Waals surface area contributed by atoms with Crippen LogP contribution < -0.4 is 0 Å².